The molecular formula is C13H26N2O2. The van der Waals surface area contributed by atoms with Gasteiger partial charge >= 0.3 is 5.97 Å². The van der Waals surface area contributed by atoms with Crippen LogP contribution in [0.4, 0.5) is 0 Å². The average Bonchev–Trinajstić information content (AvgIpc) is 2.13. The lowest BCUT2D eigenvalue weighted by molar-refractivity contribution is -0.137. The van der Waals surface area contributed by atoms with Crippen LogP contribution >= 0.6 is 0 Å². The fraction of sp³-hybridized carbons (Fsp3) is 0.923. The summed E-state index contributed by atoms with van der Waals surface area (Å²) in [6.07, 6.45) is 1.01. The molecule has 0 aromatic carbocycles. The third-order valence-electron chi connectivity index (χ3n) is 3.76. The zero-order valence-electron chi connectivity index (χ0n) is 11.7. The Bertz CT molecular complexity index is 277. The number of carboxylic acids is 1. The van der Waals surface area contributed by atoms with E-state index in [0.29, 0.717) is 12.1 Å². The highest BCUT2D eigenvalue weighted by Crippen LogP contribution is 2.27. The number of carboxylic acid groups (broad SMARTS) is 1. The van der Waals surface area contributed by atoms with Gasteiger partial charge in [-0.25, -0.2) is 0 Å². The Morgan fingerprint density at radius 3 is 2.53 bits per heavy atom. The van der Waals surface area contributed by atoms with Crippen molar-refractivity contribution < 1.29 is 9.90 Å². The van der Waals surface area contributed by atoms with Crippen molar-refractivity contribution in [3.8, 4) is 0 Å². The van der Waals surface area contributed by atoms with E-state index in [-0.39, 0.29) is 12.0 Å². The van der Waals surface area contributed by atoms with Gasteiger partial charge in [-0.3, -0.25) is 9.69 Å². The Kier molecular flexibility index (Phi) is 4.55. The van der Waals surface area contributed by atoms with E-state index in [4.69, 9.17) is 5.11 Å². The summed E-state index contributed by atoms with van der Waals surface area (Å²) in [5, 5.41) is 8.78. The molecule has 1 rings (SSSR count). The largest absolute Gasteiger partial charge is 0.481 e. The Morgan fingerprint density at radius 2 is 2.06 bits per heavy atom. The van der Waals surface area contributed by atoms with Gasteiger partial charge in [-0.2, -0.15) is 0 Å². The normalized spacial score (nSPS) is 26.4. The molecule has 0 saturated carbocycles. The second kappa shape index (κ2) is 5.36. The Balaban J connectivity index is 2.66. The third kappa shape index (κ3) is 3.68. The maximum Gasteiger partial charge on any atom is 0.303 e. The minimum absolute atomic E-state index is 0.169. The second-order valence-electron chi connectivity index (χ2n) is 6.06. The fourth-order valence-electron chi connectivity index (χ4n) is 2.96. The van der Waals surface area contributed by atoms with Gasteiger partial charge in [0, 0.05) is 37.1 Å². The standard InChI is InChI=1S/C13H26N2O2/c1-10(2)15-8-11(6-7-12(16)17)14(5)9-13(15,3)4/h10-11H,6-9H2,1-5H3,(H,16,17). The molecule has 1 fully saturated rings. The summed E-state index contributed by atoms with van der Waals surface area (Å²) in [5.41, 5.74) is 0.169. The molecular weight excluding hydrogens is 216 g/mol. The van der Waals surface area contributed by atoms with Crippen molar-refractivity contribution in [1.82, 2.24) is 9.80 Å². The first-order chi connectivity index (χ1) is 7.74. The van der Waals surface area contributed by atoms with E-state index in [2.05, 4.69) is 44.5 Å². The van der Waals surface area contributed by atoms with E-state index in [1.165, 1.54) is 0 Å². The highest BCUT2D eigenvalue weighted by Gasteiger charge is 2.38. The van der Waals surface area contributed by atoms with Crippen LogP contribution in [0.25, 0.3) is 0 Å². The quantitative estimate of drug-likeness (QED) is 0.814. The van der Waals surface area contributed by atoms with E-state index in [0.717, 1.165) is 19.5 Å². The molecule has 1 saturated heterocycles. The van der Waals surface area contributed by atoms with Crippen LogP contribution in [0, 0.1) is 0 Å². The first-order valence-corrected chi connectivity index (χ1v) is 6.43. The van der Waals surface area contributed by atoms with Gasteiger partial charge in [0.2, 0.25) is 0 Å². The minimum atomic E-state index is -0.695. The highest BCUT2D eigenvalue weighted by atomic mass is 16.4. The number of likely N-dealkylation sites (N-methyl/N-ethyl adjacent to an activating group) is 1. The maximum absolute atomic E-state index is 10.7. The molecule has 1 aliphatic rings. The van der Waals surface area contributed by atoms with Gasteiger partial charge in [0.15, 0.2) is 0 Å². The molecule has 0 radical (unpaired) electrons. The number of carbonyl (C=O) groups is 1. The van der Waals surface area contributed by atoms with E-state index in [9.17, 15) is 4.79 Å². The Morgan fingerprint density at radius 1 is 1.47 bits per heavy atom. The van der Waals surface area contributed by atoms with Crippen LogP contribution in [-0.4, -0.2) is 58.6 Å². The molecule has 1 atom stereocenters. The molecule has 100 valence electrons. The summed E-state index contributed by atoms with van der Waals surface area (Å²) in [5.74, 6) is -0.695. The molecule has 0 aromatic heterocycles. The molecule has 1 unspecified atom stereocenters. The molecule has 1 aliphatic heterocycles. The van der Waals surface area contributed by atoms with Crippen molar-refractivity contribution in [3.05, 3.63) is 0 Å². The number of rotatable bonds is 4. The molecule has 0 aliphatic carbocycles. The summed E-state index contributed by atoms with van der Waals surface area (Å²) >= 11 is 0. The second-order valence-corrected chi connectivity index (χ2v) is 6.06. The summed E-state index contributed by atoms with van der Waals surface area (Å²) in [6, 6.07) is 0.868. The zero-order chi connectivity index (χ0) is 13.2. The van der Waals surface area contributed by atoms with Crippen LogP contribution < -0.4 is 0 Å². The van der Waals surface area contributed by atoms with E-state index >= 15 is 0 Å². The maximum atomic E-state index is 10.7. The molecule has 17 heavy (non-hydrogen) atoms. The first kappa shape index (κ1) is 14.5. The van der Waals surface area contributed by atoms with Crippen LogP contribution in [0.2, 0.25) is 0 Å². The van der Waals surface area contributed by atoms with Crippen molar-refractivity contribution in [2.75, 3.05) is 20.1 Å². The van der Waals surface area contributed by atoms with Gasteiger partial charge in [-0.1, -0.05) is 0 Å². The number of aliphatic carboxylic acids is 1. The lowest BCUT2D eigenvalue weighted by atomic mass is 9.92. The molecule has 1 N–H and O–H groups in total. The minimum Gasteiger partial charge on any atom is -0.481 e. The van der Waals surface area contributed by atoms with Crippen molar-refractivity contribution >= 4 is 5.97 Å². The lowest BCUT2D eigenvalue weighted by Gasteiger charge is -2.52. The third-order valence-corrected chi connectivity index (χ3v) is 3.76. The summed E-state index contributed by atoms with van der Waals surface area (Å²) in [6.45, 7) is 10.9. The molecule has 4 heteroatoms. The van der Waals surface area contributed by atoms with Gasteiger partial charge in [0.1, 0.15) is 0 Å². The van der Waals surface area contributed by atoms with Gasteiger partial charge in [-0.05, 0) is 41.2 Å². The molecule has 0 amide bonds. The SMILES string of the molecule is CC(C)N1CC(CCC(=O)O)N(C)CC1(C)C. The van der Waals surface area contributed by atoms with Crippen molar-refractivity contribution in [2.24, 2.45) is 0 Å². The Labute approximate surface area is 105 Å². The average molecular weight is 242 g/mol. The molecule has 4 nitrogen and oxygen atoms in total. The van der Waals surface area contributed by atoms with Crippen LogP contribution in [0.5, 0.6) is 0 Å². The van der Waals surface area contributed by atoms with Gasteiger partial charge in [0.05, 0.1) is 0 Å². The predicted molar refractivity (Wildman–Crippen MR) is 69.2 cm³/mol. The summed E-state index contributed by atoms with van der Waals surface area (Å²) < 4.78 is 0. The summed E-state index contributed by atoms with van der Waals surface area (Å²) in [7, 11) is 2.10. The van der Waals surface area contributed by atoms with Crippen LogP contribution in [0.3, 0.4) is 0 Å². The molecule has 0 aromatic rings. The van der Waals surface area contributed by atoms with Crippen LogP contribution in [0.15, 0.2) is 0 Å². The highest BCUT2D eigenvalue weighted by molar-refractivity contribution is 5.66. The first-order valence-electron chi connectivity index (χ1n) is 6.43. The topological polar surface area (TPSA) is 43.8 Å². The number of piperazine rings is 1. The molecule has 0 bridgehead atoms. The van der Waals surface area contributed by atoms with Crippen molar-refractivity contribution in [2.45, 2.75) is 58.2 Å². The van der Waals surface area contributed by atoms with E-state index < -0.39 is 5.97 Å². The number of hydrogen-bond acceptors (Lipinski definition) is 3. The fourth-order valence-corrected chi connectivity index (χ4v) is 2.96. The number of hydrogen-bond donors (Lipinski definition) is 1. The van der Waals surface area contributed by atoms with Gasteiger partial charge in [0.25, 0.3) is 0 Å². The van der Waals surface area contributed by atoms with Crippen molar-refractivity contribution in [3.63, 3.8) is 0 Å². The Hall–Kier alpha value is -0.610. The smallest absolute Gasteiger partial charge is 0.303 e. The van der Waals surface area contributed by atoms with Crippen LogP contribution in [-0.2, 0) is 4.79 Å². The molecule has 1 heterocycles. The lowest BCUT2D eigenvalue weighted by Crippen LogP contribution is -2.63. The van der Waals surface area contributed by atoms with Gasteiger partial charge in [-0.15, -0.1) is 0 Å². The van der Waals surface area contributed by atoms with Crippen LogP contribution in [0.1, 0.15) is 40.5 Å². The van der Waals surface area contributed by atoms with E-state index in [1.54, 1.807) is 0 Å². The molecule has 0 spiro atoms. The summed E-state index contributed by atoms with van der Waals surface area (Å²) in [4.78, 5) is 15.5. The number of nitrogens with zero attached hydrogens (tertiary/aromatic N) is 2. The predicted octanol–water partition coefficient (Wildman–Crippen LogP) is 1.65. The van der Waals surface area contributed by atoms with E-state index in [1.807, 2.05) is 0 Å². The van der Waals surface area contributed by atoms with Gasteiger partial charge < -0.3 is 10.0 Å². The van der Waals surface area contributed by atoms with Crippen molar-refractivity contribution in [1.29, 1.82) is 0 Å². The zero-order valence-corrected chi connectivity index (χ0v) is 11.7. The monoisotopic (exact) mass is 242 g/mol.